The van der Waals surface area contributed by atoms with Crippen molar-refractivity contribution in [3.63, 3.8) is 0 Å². The largest absolute Gasteiger partial charge is 0.454 e. The lowest BCUT2D eigenvalue weighted by atomic mass is 9.81. The maximum absolute atomic E-state index is 12.6. The van der Waals surface area contributed by atoms with E-state index in [1.807, 2.05) is 0 Å². The van der Waals surface area contributed by atoms with E-state index in [9.17, 15) is 9.59 Å². The van der Waals surface area contributed by atoms with Gasteiger partial charge < -0.3 is 9.47 Å². The Balaban J connectivity index is 1.98. The van der Waals surface area contributed by atoms with Crippen molar-refractivity contribution in [3.05, 3.63) is 23.3 Å². The molecule has 0 fully saturated rings. The predicted molar refractivity (Wildman–Crippen MR) is 76.6 cm³/mol. The van der Waals surface area contributed by atoms with Crippen LogP contribution in [0.15, 0.2) is 12.1 Å². The van der Waals surface area contributed by atoms with Crippen LogP contribution in [0.4, 0.5) is 0 Å². The Labute approximate surface area is 123 Å². The van der Waals surface area contributed by atoms with E-state index in [0.717, 1.165) is 0 Å². The van der Waals surface area contributed by atoms with E-state index in [4.69, 9.17) is 9.47 Å². The first kappa shape index (κ1) is 13.9. The van der Waals surface area contributed by atoms with Crippen molar-refractivity contribution in [1.29, 1.82) is 0 Å². The zero-order chi connectivity index (χ0) is 15.4. The van der Waals surface area contributed by atoms with Crippen molar-refractivity contribution in [3.8, 4) is 11.5 Å². The molecule has 0 aliphatic carbocycles. The molecule has 1 aromatic carbocycles. The summed E-state index contributed by atoms with van der Waals surface area (Å²) in [6.07, 6.45) is 0. The molecule has 5 nitrogen and oxygen atoms in total. The third-order valence-electron chi connectivity index (χ3n) is 4.60. The third kappa shape index (κ3) is 1.99. The molecular formula is C16H19NO4. The minimum Gasteiger partial charge on any atom is -0.454 e. The van der Waals surface area contributed by atoms with Gasteiger partial charge in [0.1, 0.15) is 0 Å². The number of carbonyl (C=O) groups is 2. The summed E-state index contributed by atoms with van der Waals surface area (Å²) >= 11 is 0. The number of amides is 2. The summed E-state index contributed by atoms with van der Waals surface area (Å²) in [7, 11) is 0. The van der Waals surface area contributed by atoms with Crippen LogP contribution in [0.2, 0.25) is 0 Å². The molecule has 0 N–H and O–H groups in total. The van der Waals surface area contributed by atoms with E-state index in [0.29, 0.717) is 35.1 Å². The number of hydrogen-bond acceptors (Lipinski definition) is 4. The minimum atomic E-state index is -0.286. The van der Waals surface area contributed by atoms with Crippen molar-refractivity contribution >= 4 is 11.8 Å². The summed E-state index contributed by atoms with van der Waals surface area (Å²) in [5.74, 6) is 0.746. The molecule has 2 amide bonds. The van der Waals surface area contributed by atoms with Gasteiger partial charge in [0.05, 0.1) is 11.1 Å². The standard InChI is InChI=1S/C16H19NO4/c1-9(2)16(3,4)7-17-14(18)10-5-6-11-13(21-8-20-11)12(10)15(17)19/h5-6,9H,7-8H2,1-4H3. The molecule has 3 rings (SSSR count). The molecule has 1 aromatic rings. The average molecular weight is 289 g/mol. The smallest absolute Gasteiger partial charge is 0.265 e. The first-order valence-electron chi connectivity index (χ1n) is 7.11. The molecule has 0 aromatic heterocycles. The lowest BCUT2D eigenvalue weighted by molar-refractivity contribution is 0.0552. The Morgan fingerprint density at radius 1 is 1.19 bits per heavy atom. The molecule has 2 heterocycles. The molecule has 0 atom stereocenters. The van der Waals surface area contributed by atoms with Crippen molar-refractivity contribution < 1.29 is 19.1 Å². The van der Waals surface area contributed by atoms with Gasteiger partial charge in [-0.3, -0.25) is 14.5 Å². The van der Waals surface area contributed by atoms with Gasteiger partial charge in [-0.05, 0) is 23.5 Å². The molecule has 0 saturated heterocycles. The van der Waals surface area contributed by atoms with Gasteiger partial charge in [0.15, 0.2) is 11.5 Å². The highest BCUT2D eigenvalue weighted by molar-refractivity contribution is 6.23. The van der Waals surface area contributed by atoms with Gasteiger partial charge in [0, 0.05) is 6.54 Å². The first-order chi connectivity index (χ1) is 9.83. The van der Waals surface area contributed by atoms with E-state index in [1.165, 1.54) is 4.90 Å². The SMILES string of the molecule is CC(C)C(C)(C)CN1C(=O)c2ccc3c(c2C1=O)OCO3. The van der Waals surface area contributed by atoms with Crippen molar-refractivity contribution in [1.82, 2.24) is 4.90 Å². The fourth-order valence-electron chi connectivity index (χ4n) is 2.47. The minimum absolute atomic E-state index is 0.0880. The van der Waals surface area contributed by atoms with E-state index >= 15 is 0 Å². The normalized spacial score (nSPS) is 16.9. The number of imide groups is 1. The topological polar surface area (TPSA) is 55.8 Å². The highest BCUT2D eigenvalue weighted by atomic mass is 16.7. The van der Waals surface area contributed by atoms with E-state index in [-0.39, 0.29) is 24.0 Å². The Hall–Kier alpha value is -2.04. The highest BCUT2D eigenvalue weighted by Gasteiger charge is 2.43. The Bertz CT molecular complexity index is 633. The summed E-state index contributed by atoms with van der Waals surface area (Å²) in [5.41, 5.74) is 0.604. The quantitative estimate of drug-likeness (QED) is 0.803. The number of ether oxygens (including phenoxy) is 2. The van der Waals surface area contributed by atoms with E-state index in [2.05, 4.69) is 27.7 Å². The second-order valence-corrected chi connectivity index (χ2v) is 6.56. The highest BCUT2D eigenvalue weighted by Crippen LogP contribution is 2.42. The molecule has 0 spiro atoms. The van der Waals surface area contributed by atoms with Crippen LogP contribution in [0.5, 0.6) is 11.5 Å². The van der Waals surface area contributed by atoms with Crippen LogP contribution in [0.1, 0.15) is 48.4 Å². The molecular weight excluding hydrogens is 270 g/mol. The molecule has 0 radical (unpaired) electrons. The van der Waals surface area contributed by atoms with Gasteiger partial charge in [0.2, 0.25) is 6.79 Å². The lowest BCUT2D eigenvalue weighted by Crippen LogP contribution is -2.40. The Morgan fingerprint density at radius 2 is 1.90 bits per heavy atom. The van der Waals surface area contributed by atoms with Crippen LogP contribution < -0.4 is 9.47 Å². The van der Waals surface area contributed by atoms with Crippen LogP contribution in [-0.4, -0.2) is 30.1 Å². The van der Waals surface area contributed by atoms with Crippen molar-refractivity contribution in [2.45, 2.75) is 27.7 Å². The summed E-state index contributed by atoms with van der Waals surface area (Å²) in [6, 6.07) is 3.33. The van der Waals surface area contributed by atoms with E-state index < -0.39 is 0 Å². The van der Waals surface area contributed by atoms with Crippen LogP contribution in [0, 0.1) is 11.3 Å². The molecule has 2 aliphatic heterocycles. The van der Waals surface area contributed by atoms with Crippen molar-refractivity contribution in [2.24, 2.45) is 11.3 Å². The average Bonchev–Trinajstić information content (AvgIpc) is 2.97. The number of rotatable bonds is 3. The van der Waals surface area contributed by atoms with Gasteiger partial charge in [0.25, 0.3) is 11.8 Å². The van der Waals surface area contributed by atoms with E-state index in [1.54, 1.807) is 12.1 Å². The van der Waals surface area contributed by atoms with Crippen LogP contribution in [0.3, 0.4) is 0 Å². The summed E-state index contributed by atoms with van der Waals surface area (Å²) in [5, 5.41) is 0. The maximum Gasteiger partial charge on any atom is 0.265 e. The second kappa shape index (κ2) is 4.48. The molecule has 0 unspecified atom stereocenters. The van der Waals surface area contributed by atoms with Gasteiger partial charge in [-0.25, -0.2) is 0 Å². The van der Waals surface area contributed by atoms with Gasteiger partial charge >= 0.3 is 0 Å². The Morgan fingerprint density at radius 3 is 2.57 bits per heavy atom. The summed E-state index contributed by atoms with van der Waals surface area (Å²) in [6.45, 7) is 8.79. The van der Waals surface area contributed by atoms with Gasteiger partial charge in [-0.1, -0.05) is 27.7 Å². The molecule has 0 bridgehead atoms. The molecule has 21 heavy (non-hydrogen) atoms. The first-order valence-corrected chi connectivity index (χ1v) is 7.11. The summed E-state index contributed by atoms with van der Waals surface area (Å²) in [4.78, 5) is 26.5. The fourth-order valence-corrected chi connectivity index (χ4v) is 2.47. The number of fused-ring (bicyclic) bond motifs is 3. The molecule has 112 valence electrons. The molecule has 5 heteroatoms. The number of hydrogen-bond donors (Lipinski definition) is 0. The second-order valence-electron chi connectivity index (χ2n) is 6.56. The van der Waals surface area contributed by atoms with Crippen molar-refractivity contribution in [2.75, 3.05) is 13.3 Å². The third-order valence-corrected chi connectivity index (χ3v) is 4.60. The molecule has 2 aliphatic rings. The van der Waals surface area contributed by atoms with Crippen LogP contribution >= 0.6 is 0 Å². The number of nitrogens with zero attached hydrogens (tertiary/aromatic N) is 1. The monoisotopic (exact) mass is 289 g/mol. The zero-order valence-electron chi connectivity index (χ0n) is 12.7. The van der Waals surface area contributed by atoms with Crippen LogP contribution in [0.25, 0.3) is 0 Å². The van der Waals surface area contributed by atoms with Gasteiger partial charge in [-0.15, -0.1) is 0 Å². The summed E-state index contributed by atoms with van der Waals surface area (Å²) < 4.78 is 10.6. The number of carbonyl (C=O) groups excluding carboxylic acids is 2. The Kier molecular flexibility index (Phi) is 2.97. The number of benzene rings is 1. The lowest BCUT2D eigenvalue weighted by Gasteiger charge is -2.32. The fraction of sp³-hybridized carbons (Fsp3) is 0.500. The predicted octanol–water partition coefficient (Wildman–Crippen LogP) is 2.69. The maximum atomic E-state index is 12.6. The molecule has 0 saturated carbocycles. The zero-order valence-corrected chi connectivity index (χ0v) is 12.7. The van der Waals surface area contributed by atoms with Gasteiger partial charge in [-0.2, -0.15) is 0 Å². The van der Waals surface area contributed by atoms with Crippen LogP contribution in [-0.2, 0) is 0 Å².